The second kappa shape index (κ2) is 6.65. The third-order valence-corrected chi connectivity index (χ3v) is 2.06. The van der Waals surface area contributed by atoms with Gasteiger partial charge in [-0.15, -0.1) is 6.58 Å². The second-order valence-electron chi connectivity index (χ2n) is 3.01. The second-order valence-corrected chi connectivity index (χ2v) is 3.37. The van der Waals surface area contributed by atoms with Crippen molar-refractivity contribution in [1.82, 2.24) is 10.3 Å². The van der Waals surface area contributed by atoms with Crippen LogP contribution in [0.25, 0.3) is 0 Å². The number of hydrogen-bond donors (Lipinski definition) is 1. The number of esters is 1. The van der Waals surface area contributed by atoms with Gasteiger partial charge in [0.2, 0.25) is 0 Å². The van der Waals surface area contributed by atoms with Crippen LogP contribution in [-0.2, 0) is 9.53 Å². The summed E-state index contributed by atoms with van der Waals surface area (Å²) >= 11 is 5.69. The normalized spacial score (nSPS) is 9.47. The minimum atomic E-state index is -0.683. The number of halogens is 1. The summed E-state index contributed by atoms with van der Waals surface area (Å²) in [5.74, 6) is -1.09. The number of rotatable bonds is 5. The number of carbonyl (C=O) groups excluding carboxylic acids is 2. The predicted octanol–water partition coefficient (Wildman–Crippen LogP) is 1.19. The number of pyridine rings is 1. The Balaban J connectivity index is 2.48. The molecule has 0 unspecified atom stereocenters. The smallest absolute Gasteiger partial charge is 0.341 e. The van der Waals surface area contributed by atoms with E-state index in [1.54, 1.807) is 6.07 Å². The van der Waals surface area contributed by atoms with Crippen molar-refractivity contribution in [3.05, 3.63) is 41.7 Å². The fraction of sp³-hybridized carbons (Fsp3) is 0.182. The molecule has 0 aromatic carbocycles. The van der Waals surface area contributed by atoms with E-state index in [9.17, 15) is 9.59 Å². The highest BCUT2D eigenvalue weighted by atomic mass is 35.5. The van der Waals surface area contributed by atoms with Gasteiger partial charge in [0.05, 0.1) is 5.56 Å². The Morgan fingerprint density at radius 1 is 1.59 bits per heavy atom. The van der Waals surface area contributed by atoms with Gasteiger partial charge >= 0.3 is 5.97 Å². The highest BCUT2D eigenvalue weighted by Gasteiger charge is 2.13. The van der Waals surface area contributed by atoms with Crippen molar-refractivity contribution in [2.75, 3.05) is 13.2 Å². The van der Waals surface area contributed by atoms with Crippen molar-refractivity contribution in [2.24, 2.45) is 0 Å². The van der Waals surface area contributed by atoms with Gasteiger partial charge in [0.1, 0.15) is 5.15 Å². The Kier molecular flexibility index (Phi) is 5.16. The zero-order chi connectivity index (χ0) is 12.7. The highest BCUT2D eigenvalue weighted by molar-refractivity contribution is 6.32. The van der Waals surface area contributed by atoms with Crippen molar-refractivity contribution < 1.29 is 14.3 Å². The van der Waals surface area contributed by atoms with Crippen molar-refractivity contribution in [2.45, 2.75) is 0 Å². The number of carbonyl (C=O) groups is 2. The molecule has 1 aromatic rings. The van der Waals surface area contributed by atoms with Crippen LogP contribution < -0.4 is 5.32 Å². The maximum atomic E-state index is 11.5. The van der Waals surface area contributed by atoms with Crippen LogP contribution in [0.3, 0.4) is 0 Å². The van der Waals surface area contributed by atoms with Gasteiger partial charge in [-0.05, 0) is 12.1 Å². The van der Waals surface area contributed by atoms with Crippen LogP contribution >= 0.6 is 11.6 Å². The quantitative estimate of drug-likeness (QED) is 0.487. The molecule has 1 heterocycles. The molecule has 0 bridgehead atoms. The number of nitrogens with one attached hydrogen (secondary N) is 1. The Labute approximate surface area is 103 Å². The lowest BCUT2D eigenvalue weighted by Crippen LogP contribution is -2.28. The molecule has 1 aromatic heterocycles. The third-order valence-electron chi connectivity index (χ3n) is 1.76. The van der Waals surface area contributed by atoms with E-state index in [-0.39, 0.29) is 17.3 Å². The summed E-state index contributed by atoms with van der Waals surface area (Å²) in [5, 5.41) is 2.52. The molecule has 0 aliphatic heterocycles. The maximum absolute atomic E-state index is 11.5. The van der Waals surface area contributed by atoms with Crippen molar-refractivity contribution in [3.8, 4) is 0 Å². The maximum Gasteiger partial charge on any atom is 0.341 e. The van der Waals surface area contributed by atoms with E-state index in [2.05, 4.69) is 16.9 Å². The first-order valence-corrected chi connectivity index (χ1v) is 5.18. The highest BCUT2D eigenvalue weighted by Crippen LogP contribution is 2.12. The van der Waals surface area contributed by atoms with E-state index < -0.39 is 11.9 Å². The standard InChI is InChI=1S/C11H11ClN2O3/c1-2-5-13-9(15)7-17-11(16)8-4-3-6-14-10(8)12/h2-4,6H,1,5,7H2,(H,13,15). The molecule has 90 valence electrons. The lowest BCUT2D eigenvalue weighted by Gasteiger charge is -2.05. The van der Waals surface area contributed by atoms with Crippen LogP contribution in [0.2, 0.25) is 5.15 Å². The van der Waals surface area contributed by atoms with Gasteiger partial charge in [0.25, 0.3) is 5.91 Å². The lowest BCUT2D eigenvalue weighted by molar-refractivity contribution is -0.124. The largest absolute Gasteiger partial charge is 0.452 e. The van der Waals surface area contributed by atoms with Crippen LogP contribution in [0.1, 0.15) is 10.4 Å². The first-order chi connectivity index (χ1) is 8.15. The van der Waals surface area contributed by atoms with Crippen LogP contribution in [0.5, 0.6) is 0 Å². The van der Waals surface area contributed by atoms with E-state index in [0.717, 1.165) is 0 Å². The topological polar surface area (TPSA) is 68.3 Å². The predicted molar refractivity (Wildman–Crippen MR) is 62.7 cm³/mol. The molecular weight excluding hydrogens is 244 g/mol. The first-order valence-electron chi connectivity index (χ1n) is 4.80. The lowest BCUT2D eigenvalue weighted by atomic mass is 10.3. The Morgan fingerprint density at radius 2 is 2.35 bits per heavy atom. The van der Waals surface area contributed by atoms with Gasteiger partial charge in [-0.1, -0.05) is 17.7 Å². The SMILES string of the molecule is C=CCNC(=O)COC(=O)c1cccnc1Cl. The minimum Gasteiger partial charge on any atom is -0.452 e. The van der Waals surface area contributed by atoms with Crippen LogP contribution in [-0.4, -0.2) is 30.0 Å². The van der Waals surface area contributed by atoms with Gasteiger partial charge in [-0.3, -0.25) is 4.79 Å². The zero-order valence-corrected chi connectivity index (χ0v) is 9.74. The Morgan fingerprint density at radius 3 is 3.00 bits per heavy atom. The summed E-state index contributed by atoms with van der Waals surface area (Å²) in [6, 6.07) is 3.03. The van der Waals surface area contributed by atoms with Crippen molar-refractivity contribution >= 4 is 23.5 Å². The average molecular weight is 255 g/mol. The zero-order valence-electron chi connectivity index (χ0n) is 8.98. The molecule has 6 heteroatoms. The summed E-state index contributed by atoms with van der Waals surface area (Å²) in [4.78, 5) is 26.4. The van der Waals surface area contributed by atoms with E-state index in [1.165, 1.54) is 18.3 Å². The molecule has 1 N–H and O–H groups in total. The number of ether oxygens (including phenoxy) is 1. The van der Waals surface area contributed by atoms with Gasteiger partial charge < -0.3 is 10.1 Å². The summed E-state index contributed by atoms with van der Waals surface area (Å²) in [6.07, 6.45) is 2.98. The molecule has 0 aliphatic rings. The molecule has 5 nitrogen and oxygen atoms in total. The summed E-state index contributed by atoms with van der Waals surface area (Å²) in [7, 11) is 0. The van der Waals surface area contributed by atoms with E-state index in [1.807, 2.05) is 0 Å². The molecule has 0 saturated carbocycles. The Bertz CT molecular complexity index is 434. The summed E-state index contributed by atoms with van der Waals surface area (Å²) < 4.78 is 4.76. The number of hydrogen-bond acceptors (Lipinski definition) is 4. The third kappa shape index (κ3) is 4.24. The molecule has 0 fully saturated rings. The Hall–Kier alpha value is -1.88. The number of aromatic nitrogens is 1. The van der Waals surface area contributed by atoms with Gasteiger partial charge in [0.15, 0.2) is 6.61 Å². The van der Waals surface area contributed by atoms with Gasteiger partial charge in [-0.25, -0.2) is 9.78 Å². The fourth-order valence-corrected chi connectivity index (χ4v) is 1.18. The van der Waals surface area contributed by atoms with Crippen LogP contribution in [0.4, 0.5) is 0 Å². The molecule has 0 spiro atoms. The van der Waals surface area contributed by atoms with Crippen LogP contribution in [0.15, 0.2) is 31.0 Å². The molecular formula is C11H11ClN2O3. The average Bonchev–Trinajstić information content (AvgIpc) is 2.34. The molecule has 17 heavy (non-hydrogen) atoms. The van der Waals surface area contributed by atoms with Gasteiger partial charge in [0, 0.05) is 12.7 Å². The minimum absolute atomic E-state index is 0.0454. The number of amides is 1. The molecule has 0 saturated heterocycles. The molecule has 0 aliphatic carbocycles. The van der Waals surface area contributed by atoms with E-state index >= 15 is 0 Å². The van der Waals surface area contributed by atoms with Gasteiger partial charge in [-0.2, -0.15) is 0 Å². The fourth-order valence-electron chi connectivity index (χ4n) is 0.984. The van der Waals surface area contributed by atoms with Crippen molar-refractivity contribution in [3.63, 3.8) is 0 Å². The molecule has 1 rings (SSSR count). The summed E-state index contributed by atoms with van der Waals surface area (Å²) in [5.41, 5.74) is 0.130. The molecule has 0 radical (unpaired) electrons. The van der Waals surface area contributed by atoms with Crippen molar-refractivity contribution in [1.29, 1.82) is 0 Å². The summed E-state index contributed by atoms with van der Waals surface area (Å²) in [6.45, 7) is 3.40. The first kappa shape index (κ1) is 13.2. The van der Waals surface area contributed by atoms with E-state index in [0.29, 0.717) is 6.54 Å². The number of nitrogens with zero attached hydrogens (tertiary/aromatic N) is 1. The van der Waals surface area contributed by atoms with Crippen LogP contribution in [0, 0.1) is 0 Å². The monoisotopic (exact) mass is 254 g/mol. The van der Waals surface area contributed by atoms with E-state index in [4.69, 9.17) is 16.3 Å². The molecule has 0 atom stereocenters. The molecule has 1 amide bonds.